The molecule has 0 atom stereocenters. The molecule has 2 aromatic heterocycles. The van der Waals surface area contributed by atoms with E-state index in [0.717, 1.165) is 29.7 Å². The standard InChI is InChI=1S/C20H20N4O3S2/c1-2-24-19(27)11-6-3-4-8-13(11)22-20(24)28-10-15(25)23-18-16(17(21)26)12-7-5-9-14(12)29-18/h3-4,6,8H,2,5,7,9-10H2,1H3,(H2,21,26)(H,23,25). The van der Waals surface area contributed by atoms with E-state index < -0.39 is 5.91 Å². The number of hydrogen-bond acceptors (Lipinski definition) is 6. The Bertz CT molecular complexity index is 1180. The monoisotopic (exact) mass is 428 g/mol. The molecule has 3 aromatic rings. The van der Waals surface area contributed by atoms with E-state index >= 15 is 0 Å². The number of carbonyl (C=O) groups excluding carboxylic acids is 2. The third-order valence-electron chi connectivity index (χ3n) is 4.90. The minimum atomic E-state index is -0.511. The molecule has 1 aromatic carbocycles. The molecule has 2 heterocycles. The summed E-state index contributed by atoms with van der Waals surface area (Å²) in [6.07, 6.45) is 2.74. The maximum absolute atomic E-state index is 12.7. The molecule has 0 bridgehead atoms. The van der Waals surface area contributed by atoms with Crippen LogP contribution in [0.1, 0.15) is 34.1 Å². The van der Waals surface area contributed by atoms with Gasteiger partial charge in [-0.15, -0.1) is 11.3 Å². The molecule has 7 nitrogen and oxygen atoms in total. The molecule has 0 unspecified atom stereocenters. The number of para-hydroxylation sites is 1. The molecule has 0 radical (unpaired) electrons. The lowest BCUT2D eigenvalue weighted by molar-refractivity contribution is -0.113. The number of amides is 2. The van der Waals surface area contributed by atoms with Crippen LogP contribution in [-0.2, 0) is 24.2 Å². The van der Waals surface area contributed by atoms with Crippen LogP contribution >= 0.6 is 23.1 Å². The van der Waals surface area contributed by atoms with Gasteiger partial charge < -0.3 is 11.1 Å². The zero-order valence-electron chi connectivity index (χ0n) is 15.9. The highest BCUT2D eigenvalue weighted by Gasteiger charge is 2.26. The average Bonchev–Trinajstić information content (AvgIpc) is 3.27. The number of thioether (sulfide) groups is 1. The van der Waals surface area contributed by atoms with Gasteiger partial charge in [-0.2, -0.15) is 0 Å². The summed E-state index contributed by atoms with van der Waals surface area (Å²) in [6.45, 7) is 2.33. The predicted octanol–water partition coefficient (Wildman–Crippen LogP) is 2.80. The lowest BCUT2D eigenvalue weighted by Gasteiger charge is -2.11. The van der Waals surface area contributed by atoms with Crippen molar-refractivity contribution in [2.24, 2.45) is 5.73 Å². The van der Waals surface area contributed by atoms with E-state index in [1.54, 1.807) is 22.8 Å². The molecule has 0 saturated carbocycles. The summed E-state index contributed by atoms with van der Waals surface area (Å²) in [7, 11) is 0. The summed E-state index contributed by atoms with van der Waals surface area (Å²) in [4.78, 5) is 42.8. The Morgan fingerprint density at radius 1 is 1.31 bits per heavy atom. The fraction of sp³-hybridized carbons (Fsp3) is 0.300. The summed E-state index contributed by atoms with van der Waals surface area (Å²) in [6, 6.07) is 7.17. The average molecular weight is 429 g/mol. The van der Waals surface area contributed by atoms with Gasteiger partial charge in [0.05, 0.1) is 22.2 Å². The van der Waals surface area contributed by atoms with Gasteiger partial charge in [0.25, 0.3) is 11.5 Å². The topological polar surface area (TPSA) is 107 Å². The van der Waals surface area contributed by atoms with Crippen molar-refractivity contribution in [1.29, 1.82) is 0 Å². The van der Waals surface area contributed by atoms with Crippen LogP contribution in [0.15, 0.2) is 34.2 Å². The lowest BCUT2D eigenvalue weighted by Crippen LogP contribution is -2.23. The number of nitrogens with two attached hydrogens (primary N) is 1. The third kappa shape index (κ3) is 3.67. The summed E-state index contributed by atoms with van der Waals surface area (Å²) in [5, 5.41) is 4.40. The number of aryl methyl sites for hydroxylation is 1. The van der Waals surface area contributed by atoms with Crippen molar-refractivity contribution >= 4 is 50.8 Å². The maximum atomic E-state index is 12.7. The molecule has 29 heavy (non-hydrogen) atoms. The van der Waals surface area contributed by atoms with Gasteiger partial charge in [0, 0.05) is 11.4 Å². The fourth-order valence-electron chi connectivity index (χ4n) is 3.58. The second-order valence-electron chi connectivity index (χ2n) is 6.72. The smallest absolute Gasteiger partial charge is 0.262 e. The Morgan fingerprint density at radius 3 is 2.86 bits per heavy atom. The second-order valence-corrected chi connectivity index (χ2v) is 8.77. The molecule has 0 fully saturated rings. The first kappa shape index (κ1) is 19.7. The van der Waals surface area contributed by atoms with Gasteiger partial charge in [-0.05, 0) is 43.9 Å². The second kappa shape index (κ2) is 8.00. The van der Waals surface area contributed by atoms with Crippen LogP contribution in [-0.4, -0.2) is 27.1 Å². The van der Waals surface area contributed by atoms with Crippen molar-refractivity contribution in [1.82, 2.24) is 9.55 Å². The number of nitrogens with zero attached hydrogens (tertiary/aromatic N) is 2. The SMILES string of the molecule is CCn1c(SCC(=O)Nc2sc3c(c2C(N)=O)CCC3)nc2ccccc2c1=O. The summed E-state index contributed by atoms with van der Waals surface area (Å²) < 4.78 is 1.56. The van der Waals surface area contributed by atoms with Crippen molar-refractivity contribution in [3.8, 4) is 0 Å². The van der Waals surface area contributed by atoms with Crippen molar-refractivity contribution in [2.75, 3.05) is 11.1 Å². The highest BCUT2D eigenvalue weighted by atomic mass is 32.2. The maximum Gasteiger partial charge on any atom is 0.262 e. The highest BCUT2D eigenvalue weighted by Crippen LogP contribution is 2.38. The Kier molecular flexibility index (Phi) is 5.42. The largest absolute Gasteiger partial charge is 0.365 e. The molecule has 9 heteroatoms. The molecule has 1 aliphatic rings. The molecule has 1 aliphatic carbocycles. The normalized spacial score (nSPS) is 12.9. The van der Waals surface area contributed by atoms with Crippen LogP contribution in [0.25, 0.3) is 10.9 Å². The number of rotatable bonds is 6. The van der Waals surface area contributed by atoms with Gasteiger partial charge in [0.2, 0.25) is 5.91 Å². The number of primary amides is 1. The Balaban J connectivity index is 1.54. The first-order valence-corrected chi connectivity index (χ1v) is 11.2. The van der Waals surface area contributed by atoms with Crippen LogP contribution in [0.3, 0.4) is 0 Å². The molecular formula is C20H20N4O3S2. The fourth-order valence-corrected chi connectivity index (χ4v) is 5.76. The molecule has 150 valence electrons. The van der Waals surface area contributed by atoms with Gasteiger partial charge >= 0.3 is 0 Å². The first-order chi connectivity index (χ1) is 14.0. The number of nitrogens with one attached hydrogen (secondary N) is 1. The number of aromatic nitrogens is 2. The van der Waals surface area contributed by atoms with Gasteiger partial charge in [-0.25, -0.2) is 4.98 Å². The van der Waals surface area contributed by atoms with Crippen LogP contribution in [0.4, 0.5) is 5.00 Å². The molecule has 2 amide bonds. The van der Waals surface area contributed by atoms with Crippen molar-refractivity contribution in [3.63, 3.8) is 0 Å². The van der Waals surface area contributed by atoms with Gasteiger partial charge in [-0.1, -0.05) is 23.9 Å². The molecule has 0 spiro atoms. The van der Waals surface area contributed by atoms with Crippen LogP contribution in [0, 0.1) is 0 Å². The first-order valence-electron chi connectivity index (χ1n) is 9.36. The summed E-state index contributed by atoms with van der Waals surface area (Å²) in [5.41, 5.74) is 7.45. The lowest BCUT2D eigenvalue weighted by atomic mass is 10.1. The van der Waals surface area contributed by atoms with Crippen molar-refractivity contribution in [2.45, 2.75) is 37.9 Å². The minimum absolute atomic E-state index is 0.0749. The van der Waals surface area contributed by atoms with Crippen molar-refractivity contribution < 1.29 is 9.59 Å². The van der Waals surface area contributed by atoms with E-state index in [9.17, 15) is 14.4 Å². The third-order valence-corrected chi connectivity index (χ3v) is 7.08. The number of fused-ring (bicyclic) bond motifs is 2. The minimum Gasteiger partial charge on any atom is -0.365 e. The molecule has 0 aliphatic heterocycles. The highest BCUT2D eigenvalue weighted by molar-refractivity contribution is 7.99. The number of hydrogen-bond donors (Lipinski definition) is 2. The molecule has 4 rings (SSSR count). The quantitative estimate of drug-likeness (QED) is 0.464. The predicted molar refractivity (Wildman–Crippen MR) is 116 cm³/mol. The Morgan fingerprint density at radius 2 is 2.10 bits per heavy atom. The van der Waals surface area contributed by atoms with E-state index in [2.05, 4.69) is 10.3 Å². The molecule has 3 N–H and O–H groups in total. The van der Waals surface area contributed by atoms with E-state index in [1.165, 1.54) is 23.1 Å². The summed E-state index contributed by atoms with van der Waals surface area (Å²) in [5.74, 6) is -0.697. The van der Waals surface area contributed by atoms with E-state index in [4.69, 9.17) is 5.73 Å². The van der Waals surface area contributed by atoms with Crippen LogP contribution in [0.5, 0.6) is 0 Å². The Labute approximate surface area is 175 Å². The molecule has 0 saturated heterocycles. The number of thiophene rings is 1. The zero-order valence-corrected chi connectivity index (χ0v) is 17.5. The van der Waals surface area contributed by atoms with E-state index in [0.29, 0.717) is 33.2 Å². The number of anilines is 1. The van der Waals surface area contributed by atoms with Crippen molar-refractivity contribution in [3.05, 3.63) is 50.6 Å². The molecular weight excluding hydrogens is 408 g/mol. The van der Waals surface area contributed by atoms with Gasteiger partial charge in [0.15, 0.2) is 5.16 Å². The Hall–Kier alpha value is -2.65. The number of carbonyl (C=O) groups is 2. The van der Waals surface area contributed by atoms with E-state index in [-0.39, 0.29) is 17.2 Å². The number of benzene rings is 1. The van der Waals surface area contributed by atoms with Crippen LogP contribution in [0.2, 0.25) is 0 Å². The summed E-state index contributed by atoms with van der Waals surface area (Å²) >= 11 is 2.63. The van der Waals surface area contributed by atoms with Gasteiger partial charge in [-0.3, -0.25) is 19.0 Å². The zero-order chi connectivity index (χ0) is 20.5. The van der Waals surface area contributed by atoms with Gasteiger partial charge in [0.1, 0.15) is 5.00 Å². The van der Waals surface area contributed by atoms with E-state index in [1.807, 2.05) is 13.0 Å². The van der Waals surface area contributed by atoms with Crippen LogP contribution < -0.4 is 16.6 Å².